The van der Waals surface area contributed by atoms with Crippen LogP contribution in [0.3, 0.4) is 0 Å². The molecule has 3 heteroatoms. The van der Waals surface area contributed by atoms with E-state index in [0.29, 0.717) is 0 Å². The summed E-state index contributed by atoms with van der Waals surface area (Å²) >= 11 is 6.01. The monoisotopic (exact) mass is 255 g/mol. The van der Waals surface area contributed by atoms with Gasteiger partial charge < -0.3 is 10.5 Å². The molecular formula is C14H22ClNO. The summed E-state index contributed by atoms with van der Waals surface area (Å²) in [4.78, 5) is 0. The van der Waals surface area contributed by atoms with Crippen LogP contribution in [-0.4, -0.2) is 12.6 Å². The Bertz CT molecular complexity index is 339. The standard InChI is InChI=1S/C14H22ClNO/c1-3-9-17-14-8-7-13(15)10-12(14)6-4-5-11(2)16/h7-8,10-11H,3-6,9,16H2,1-2H3. The average molecular weight is 256 g/mol. The Labute approximate surface area is 109 Å². The van der Waals surface area contributed by atoms with E-state index >= 15 is 0 Å². The van der Waals surface area contributed by atoms with E-state index < -0.39 is 0 Å². The topological polar surface area (TPSA) is 35.2 Å². The third-order valence-electron chi connectivity index (χ3n) is 2.59. The number of ether oxygens (including phenoxy) is 1. The van der Waals surface area contributed by atoms with Crippen LogP contribution in [0.5, 0.6) is 5.75 Å². The lowest BCUT2D eigenvalue weighted by molar-refractivity contribution is 0.314. The van der Waals surface area contributed by atoms with Crippen molar-refractivity contribution in [3.05, 3.63) is 28.8 Å². The Kier molecular flexibility index (Phi) is 6.38. The first-order valence-corrected chi connectivity index (χ1v) is 6.68. The first-order chi connectivity index (χ1) is 8.13. The van der Waals surface area contributed by atoms with Gasteiger partial charge >= 0.3 is 0 Å². The highest BCUT2D eigenvalue weighted by atomic mass is 35.5. The van der Waals surface area contributed by atoms with Gasteiger partial charge in [0.2, 0.25) is 0 Å². The molecule has 96 valence electrons. The van der Waals surface area contributed by atoms with E-state index in [1.807, 2.05) is 25.1 Å². The van der Waals surface area contributed by atoms with Crippen LogP contribution >= 0.6 is 11.6 Å². The van der Waals surface area contributed by atoms with E-state index in [4.69, 9.17) is 22.1 Å². The fourth-order valence-corrected chi connectivity index (χ4v) is 1.91. The molecule has 2 N–H and O–H groups in total. The van der Waals surface area contributed by atoms with Crippen molar-refractivity contribution in [3.8, 4) is 5.75 Å². The number of aryl methyl sites for hydroxylation is 1. The van der Waals surface area contributed by atoms with Crippen LogP contribution in [0.15, 0.2) is 18.2 Å². The van der Waals surface area contributed by atoms with Crippen LogP contribution < -0.4 is 10.5 Å². The summed E-state index contributed by atoms with van der Waals surface area (Å²) in [5.74, 6) is 0.959. The lowest BCUT2D eigenvalue weighted by Crippen LogP contribution is -2.14. The fraction of sp³-hybridized carbons (Fsp3) is 0.571. The van der Waals surface area contributed by atoms with Crippen LogP contribution in [0.2, 0.25) is 5.02 Å². The molecule has 1 rings (SSSR count). The third-order valence-corrected chi connectivity index (χ3v) is 2.82. The molecule has 1 aromatic rings. The van der Waals surface area contributed by atoms with E-state index in [9.17, 15) is 0 Å². The van der Waals surface area contributed by atoms with E-state index in [-0.39, 0.29) is 6.04 Å². The number of hydrogen-bond acceptors (Lipinski definition) is 2. The lowest BCUT2D eigenvalue weighted by Gasteiger charge is -2.12. The summed E-state index contributed by atoms with van der Waals surface area (Å²) in [6.45, 7) is 4.89. The molecule has 2 nitrogen and oxygen atoms in total. The van der Waals surface area contributed by atoms with Crippen molar-refractivity contribution >= 4 is 11.6 Å². The Balaban J connectivity index is 2.62. The molecule has 0 saturated heterocycles. The summed E-state index contributed by atoms with van der Waals surface area (Å²) in [6, 6.07) is 6.09. The van der Waals surface area contributed by atoms with Crippen molar-refractivity contribution in [2.45, 2.75) is 45.6 Å². The highest BCUT2D eigenvalue weighted by Crippen LogP contribution is 2.24. The van der Waals surface area contributed by atoms with E-state index in [2.05, 4.69) is 6.92 Å². The molecule has 0 amide bonds. The smallest absolute Gasteiger partial charge is 0.122 e. The molecule has 0 aromatic heterocycles. The molecule has 1 unspecified atom stereocenters. The summed E-state index contributed by atoms with van der Waals surface area (Å²) in [6.07, 6.45) is 4.09. The predicted octanol–water partition coefficient (Wildman–Crippen LogP) is 3.80. The summed E-state index contributed by atoms with van der Waals surface area (Å²) < 4.78 is 5.71. The highest BCUT2D eigenvalue weighted by Gasteiger charge is 2.05. The molecule has 0 aliphatic heterocycles. The minimum Gasteiger partial charge on any atom is -0.493 e. The van der Waals surface area contributed by atoms with Crippen molar-refractivity contribution in [2.75, 3.05) is 6.61 Å². The zero-order valence-corrected chi connectivity index (χ0v) is 11.5. The van der Waals surface area contributed by atoms with Gasteiger partial charge in [0, 0.05) is 11.1 Å². The summed E-state index contributed by atoms with van der Waals surface area (Å²) in [5, 5.41) is 0.768. The van der Waals surface area contributed by atoms with Gasteiger partial charge in [0.15, 0.2) is 0 Å². The molecular weight excluding hydrogens is 234 g/mol. The predicted molar refractivity (Wildman–Crippen MR) is 73.8 cm³/mol. The van der Waals surface area contributed by atoms with Crippen LogP contribution in [-0.2, 0) is 6.42 Å². The van der Waals surface area contributed by atoms with Crippen molar-refractivity contribution in [3.63, 3.8) is 0 Å². The zero-order valence-electron chi connectivity index (χ0n) is 10.7. The maximum absolute atomic E-state index is 6.01. The van der Waals surface area contributed by atoms with E-state index in [1.165, 1.54) is 5.56 Å². The second kappa shape index (κ2) is 7.57. The minimum atomic E-state index is 0.259. The van der Waals surface area contributed by atoms with Crippen molar-refractivity contribution in [1.29, 1.82) is 0 Å². The summed E-state index contributed by atoms with van der Waals surface area (Å²) in [7, 11) is 0. The highest BCUT2D eigenvalue weighted by molar-refractivity contribution is 6.30. The third kappa shape index (κ3) is 5.42. The average Bonchev–Trinajstić information content (AvgIpc) is 2.27. The van der Waals surface area contributed by atoms with Gasteiger partial charge in [0.05, 0.1) is 6.61 Å². The van der Waals surface area contributed by atoms with Crippen molar-refractivity contribution < 1.29 is 4.74 Å². The first-order valence-electron chi connectivity index (χ1n) is 6.30. The fourth-order valence-electron chi connectivity index (χ4n) is 1.71. The first kappa shape index (κ1) is 14.3. The number of halogens is 1. The Morgan fingerprint density at radius 2 is 2.18 bits per heavy atom. The van der Waals surface area contributed by atoms with Gasteiger partial charge in [-0.1, -0.05) is 18.5 Å². The number of hydrogen-bond donors (Lipinski definition) is 1. The lowest BCUT2D eigenvalue weighted by atomic mass is 10.0. The normalized spacial score (nSPS) is 12.5. The Hall–Kier alpha value is -0.730. The van der Waals surface area contributed by atoms with Gasteiger partial charge in [0.1, 0.15) is 5.75 Å². The largest absolute Gasteiger partial charge is 0.493 e. The van der Waals surface area contributed by atoms with Crippen LogP contribution in [0.25, 0.3) is 0 Å². The van der Waals surface area contributed by atoms with Crippen LogP contribution in [0, 0.1) is 0 Å². The van der Waals surface area contributed by atoms with E-state index in [1.54, 1.807) is 0 Å². The zero-order chi connectivity index (χ0) is 12.7. The molecule has 0 aliphatic carbocycles. The van der Waals surface area contributed by atoms with Crippen molar-refractivity contribution in [1.82, 2.24) is 0 Å². The molecule has 0 spiro atoms. The van der Waals surface area contributed by atoms with Gasteiger partial charge in [-0.2, -0.15) is 0 Å². The summed E-state index contributed by atoms with van der Waals surface area (Å²) in [5.41, 5.74) is 6.93. The van der Waals surface area contributed by atoms with E-state index in [0.717, 1.165) is 43.1 Å². The van der Waals surface area contributed by atoms with Gasteiger partial charge in [-0.15, -0.1) is 0 Å². The number of nitrogens with two attached hydrogens (primary N) is 1. The molecule has 1 atom stereocenters. The maximum atomic E-state index is 6.01. The minimum absolute atomic E-state index is 0.259. The Morgan fingerprint density at radius 1 is 1.41 bits per heavy atom. The molecule has 0 fully saturated rings. The molecule has 17 heavy (non-hydrogen) atoms. The van der Waals surface area contributed by atoms with Gasteiger partial charge in [-0.25, -0.2) is 0 Å². The Morgan fingerprint density at radius 3 is 2.82 bits per heavy atom. The molecule has 0 heterocycles. The molecule has 0 aliphatic rings. The SMILES string of the molecule is CCCOc1ccc(Cl)cc1CCCC(C)N. The van der Waals surface area contributed by atoms with Gasteiger partial charge in [-0.3, -0.25) is 0 Å². The number of rotatable bonds is 7. The van der Waals surface area contributed by atoms with Crippen LogP contribution in [0.4, 0.5) is 0 Å². The quantitative estimate of drug-likeness (QED) is 0.804. The molecule has 0 radical (unpaired) electrons. The van der Waals surface area contributed by atoms with Gasteiger partial charge in [0.25, 0.3) is 0 Å². The second-order valence-corrected chi connectivity index (χ2v) is 4.91. The second-order valence-electron chi connectivity index (χ2n) is 4.47. The molecule has 1 aromatic carbocycles. The number of benzene rings is 1. The van der Waals surface area contributed by atoms with Crippen LogP contribution in [0.1, 0.15) is 38.7 Å². The maximum Gasteiger partial charge on any atom is 0.122 e. The molecule has 0 saturated carbocycles. The van der Waals surface area contributed by atoms with Gasteiger partial charge in [-0.05, 0) is 56.4 Å². The van der Waals surface area contributed by atoms with Crippen molar-refractivity contribution in [2.24, 2.45) is 5.73 Å². The molecule has 0 bridgehead atoms.